The van der Waals surface area contributed by atoms with Crippen LogP contribution < -0.4 is 0 Å². The van der Waals surface area contributed by atoms with Crippen molar-refractivity contribution in [3.8, 4) is 11.8 Å². The summed E-state index contributed by atoms with van der Waals surface area (Å²) in [5.74, 6) is 6.65. The van der Waals surface area contributed by atoms with Crippen LogP contribution >= 0.6 is 0 Å². The van der Waals surface area contributed by atoms with Gasteiger partial charge in [-0.05, 0) is 19.4 Å². The third kappa shape index (κ3) is 5.46. The fraction of sp³-hybridized carbons (Fsp3) is 0.529. The van der Waals surface area contributed by atoms with Crippen LogP contribution in [0.3, 0.4) is 0 Å². The van der Waals surface area contributed by atoms with Crippen molar-refractivity contribution in [2.75, 3.05) is 13.7 Å². The first-order valence-corrected chi connectivity index (χ1v) is 6.75. The lowest BCUT2D eigenvalue weighted by Crippen LogP contribution is -2.30. The van der Waals surface area contributed by atoms with E-state index in [0.717, 1.165) is 0 Å². The lowest BCUT2D eigenvalue weighted by atomic mass is 9.94. The highest BCUT2D eigenvalue weighted by Gasteiger charge is 2.22. The zero-order valence-corrected chi connectivity index (χ0v) is 12.3. The molecule has 0 saturated carbocycles. The Morgan fingerprint density at radius 3 is 2.42 bits per heavy atom. The van der Waals surface area contributed by atoms with E-state index in [1.54, 1.807) is 7.11 Å². The highest BCUT2D eigenvalue weighted by Crippen LogP contribution is 2.17. The number of methoxy groups -OCH3 is 1. The van der Waals surface area contributed by atoms with Crippen LogP contribution in [0.25, 0.3) is 0 Å². The quantitative estimate of drug-likeness (QED) is 0.698. The van der Waals surface area contributed by atoms with Gasteiger partial charge in [0.15, 0.2) is 0 Å². The SMILES string of the molecule is CC#C[C@@H](C)[C@H](OC)[C@H](C)COCc1ccccc1. The Labute approximate surface area is 117 Å². The minimum Gasteiger partial charge on any atom is -0.380 e. The third-order valence-electron chi connectivity index (χ3n) is 3.19. The Morgan fingerprint density at radius 1 is 1.16 bits per heavy atom. The summed E-state index contributed by atoms with van der Waals surface area (Å²) < 4.78 is 11.3. The van der Waals surface area contributed by atoms with Crippen LogP contribution in [0.2, 0.25) is 0 Å². The van der Waals surface area contributed by atoms with Gasteiger partial charge in [0.1, 0.15) is 0 Å². The van der Waals surface area contributed by atoms with Gasteiger partial charge in [-0.3, -0.25) is 0 Å². The summed E-state index contributed by atoms with van der Waals surface area (Å²) in [5.41, 5.74) is 1.20. The van der Waals surface area contributed by atoms with Gasteiger partial charge in [-0.25, -0.2) is 0 Å². The first kappa shape index (κ1) is 15.8. The highest BCUT2D eigenvalue weighted by molar-refractivity contribution is 5.13. The lowest BCUT2D eigenvalue weighted by Gasteiger charge is -2.25. The van der Waals surface area contributed by atoms with E-state index in [-0.39, 0.29) is 12.0 Å². The third-order valence-corrected chi connectivity index (χ3v) is 3.19. The topological polar surface area (TPSA) is 18.5 Å². The molecule has 0 N–H and O–H groups in total. The summed E-state index contributed by atoms with van der Waals surface area (Å²) in [7, 11) is 1.74. The molecule has 0 fully saturated rings. The summed E-state index contributed by atoms with van der Waals surface area (Å²) >= 11 is 0. The van der Waals surface area contributed by atoms with Crippen LogP contribution in [-0.4, -0.2) is 19.8 Å². The standard InChI is InChI=1S/C17H24O2/c1-5-9-14(2)17(18-4)15(3)12-19-13-16-10-7-6-8-11-16/h6-8,10-11,14-15,17H,12-13H2,1-4H3/t14-,15-,17+/m1/s1. The van der Waals surface area contributed by atoms with Crippen LogP contribution in [0.1, 0.15) is 26.3 Å². The molecule has 1 aromatic carbocycles. The number of ether oxygens (including phenoxy) is 2. The predicted octanol–water partition coefficient (Wildman–Crippen LogP) is 3.51. The maximum atomic E-state index is 5.76. The van der Waals surface area contributed by atoms with E-state index < -0.39 is 0 Å². The van der Waals surface area contributed by atoms with E-state index in [2.05, 4.69) is 37.8 Å². The normalized spacial score (nSPS) is 15.2. The molecule has 1 rings (SSSR count). The van der Waals surface area contributed by atoms with Gasteiger partial charge in [0, 0.05) is 18.9 Å². The van der Waals surface area contributed by atoms with E-state index >= 15 is 0 Å². The maximum Gasteiger partial charge on any atom is 0.0753 e. The van der Waals surface area contributed by atoms with Crippen molar-refractivity contribution in [2.24, 2.45) is 11.8 Å². The Kier molecular flexibility index (Phi) is 7.25. The van der Waals surface area contributed by atoms with Crippen molar-refractivity contribution < 1.29 is 9.47 Å². The van der Waals surface area contributed by atoms with E-state index in [4.69, 9.17) is 9.47 Å². The Hall–Kier alpha value is -1.30. The summed E-state index contributed by atoms with van der Waals surface area (Å²) in [5, 5.41) is 0. The molecule has 0 saturated heterocycles. The molecular formula is C17H24O2. The molecule has 0 unspecified atom stereocenters. The molecule has 0 bridgehead atoms. The van der Waals surface area contributed by atoms with Crippen molar-refractivity contribution in [1.29, 1.82) is 0 Å². The molecule has 3 atom stereocenters. The molecule has 104 valence electrons. The summed E-state index contributed by atoms with van der Waals surface area (Å²) in [6.07, 6.45) is 0.114. The van der Waals surface area contributed by atoms with Gasteiger partial charge in [-0.2, -0.15) is 0 Å². The fourth-order valence-corrected chi connectivity index (χ4v) is 2.27. The predicted molar refractivity (Wildman–Crippen MR) is 78.7 cm³/mol. The first-order valence-electron chi connectivity index (χ1n) is 6.75. The summed E-state index contributed by atoms with van der Waals surface area (Å²) in [4.78, 5) is 0. The van der Waals surface area contributed by atoms with Crippen molar-refractivity contribution in [3.05, 3.63) is 35.9 Å². The number of hydrogen-bond acceptors (Lipinski definition) is 2. The molecule has 0 radical (unpaired) electrons. The van der Waals surface area contributed by atoms with Crippen LogP contribution in [0.4, 0.5) is 0 Å². The molecule has 0 aliphatic rings. The van der Waals surface area contributed by atoms with Crippen molar-refractivity contribution in [2.45, 2.75) is 33.5 Å². The minimum absolute atomic E-state index is 0.114. The lowest BCUT2D eigenvalue weighted by molar-refractivity contribution is -0.0115. The summed E-state index contributed by atoms with van der Waals surface area (Å²) in [6.45, 7) is 7.43. The van der Waals surface area contributed by atoms with Crippen molar-refractivity contribution in [3.63, 3.8) is 0 Å². The molecule has 0 aliphatic heterocycles. The van der Waals surface area contributed by atoms with Crippen molar-refractivity contribution in [1.82, 2.24) is 0 Å². The van der Waals surface area contributed by atoms with E-state index in [0.29, 0.717) is 19.1 Å². The summed E-state index contributed by atoms with van der Waals surface area (Å²) in [6, 6.07) is 10.2. The molecule has 0 amide bonds. The smallest absolute Gasteiger partial charge is 0.0753 e. The molecular weight excluding hydrogens is 236 g/mol. The van der Waals surface area contributed by atoms with E-state index in [1.807, 2.05) is 25.1 Å². The molecule has 2 heteroatoms. The molecule has 0 aromatic heterocycles. The van der Waals surface area contributed by atoms with Crippen LogP contribution in [0.5, 0.6) is 0 Å². The molecule has 0 heterocycles. The number of hydrogen-bond donors (Lipinski definition) is 0. The second-order valence-corrected chi connectivity index (χ2v) is 4.86. The van der Waals surface area contributed by atoms with Gasteiger partial charge in [0.2, 0.25) is 0 Å². The second-order valence-electron chi connectivity index (χ2n) is 4.86. The molecule has 0 aliphatic carbocycles. The molecule has 1 aromatic rings. The molecule has 2 nitrogen and oxygen atoms in total. The maximum absolute atomic E-state index is 5.76. The van der Waals surface area contributed by atoms with E-state index in [1.165, 1.54) is 5.56 Å². The average molecular weight is 260 g/mol. The van der Waals surface area contributed by atoms with Gasteiger partial charge in [-0.15, -0.1) is 5.92 Å². The zero-order chi connectivity index (χ0) is 14.1. The largest absolute Gasteiger partial charge is 0.380 e. The monoisotopic (exact) mass is 260 g/mol. The average Bonchev–Trinajstić information content (AvgIpc) is 2.41. The van der Waals surface area contributed by atoms with Crippen LogP contribution in [0, 0.1) is 23.7 Å². The van der Waals surface area contributed by atoms with E-state index in [9.17, 15) is 0 Å². The molecule has 19 heavy (non-hydrogen) atoms. The Bertz CT molecular complexity index is 402. The highest BCUT2D eigenvalue weighted by atomic mass is 16.5. The zero-order valence-electron chi connectivity index (χ0n) is 12.3. The Balaban J connectivity index is 2.40. The second kappa shape index (κ2) is 8.74. The van der Waals surface area contributed by atoms with Crippen molar-refractivity contribution >= 4 is 0 Å². The first-order chi connectivity index (χ1) is 9.19. The molecule has 0 spiro atoms. The van der Waals surface area contributed by atoms with Crippen LogP contribution in [0.15, 0.2) is 30.3 Å². The van der Waals surface area contributed by atoms with Gasteiger partial charge >= 0.3 is 0 Å². The van der Waals surface area contributed by atoms with Gasteiger partial charge in [0.05, 0.1) is 19.3 Å². The van der Waals surface area contributed by atoms with Crippen LogP contribution in [-0.2, 0) is 16.1 Å². The van der Waals surface area contributed by atoms with Gasteiger partial charge < -0.3 is 9.47 Å². The Morgan fingerprint density at radius 2 is 1.84 bits per heavy atom. The van der Waals surface area contributed by atoms with Gasteiger partial charge in [0.25, 0.3) is 0 Å². The number of benzene rings is 1. The van der Waals surface area contributed by atoms with Gasteiger partial charge in [-0.1, -0.05) is 43.2 Å². The fourth-order valence-electron chi connectivity index (χ4n) is 2.27. The number of rotatable bonds is 7. The minimum atomic E-state index is 0.114.